The Balaban J connectivity index is 1.94. The van der Waals surface area contributed by atoms with Crippen LogP contribution in [0.3, 0.4) is 0 Å². The van der Waals surface area contributed by atoms with Gasteiger partial charge in [-0.05, 0) is 37.5 Å². The van der Waals surface area contributed by atoms with Crippen LogP contribution in [-0.2, 0) is 0 Å². The maximum atomic E-state index is 2.65. The SMILES string of the molecule is [CH]1CCCCC12CCCCC2. The Kier molecular flexibility index (Phi) is 2.20. The van der Waals surface area contributed by atoms with Crippen LogP contribution < -0.4 is 0 Å². The van der Waals surface area contributed by atoms with E-state index < -0.39 is 0 Å². The highest BCUT2D eigenvalue weighted by Crippen LogP contribution is 2.46. The fourth-order valence-corrected chi connectivity index (χ4v) is 2.84. The molecule has 2 rings (SSSR count). The summed E-state index contributed by atoms with van der Waals surface area (Å²) in [5.41, 5.74) is 0.733. The maximum absolute atomic E-state index is 2.65. The summed E-state index contributed by atoms with van der Waals surface area (Å²) in [4.78, 5) is 0. The van der Waals surface area contributed by atoms with Gasteiger partial charge >= 0.3 is 0 Å². The minimum Gasteiger partial charge on any atom is -0.0533 e. The normalized spacial score (nSPS) is 30.5. The molecule has 2 aliphatic carbocycles. The summed E-state index contributed by atoms with van der Waals surface area (Å²) < 4.78 is 0. The largest absolute Gasteiger partial charge is 0.0533 e. The van der Waals surface area contributed by atoms with Gasteiger partial charge in [-0.2, -0.15) is 0 Å². The van der Waals surface area contributed by atoms with Gasteiger partial charge in [0.15, 0.2) is 0 Å². The van der Waals surface area contributed by atoms with E-state index in [1.165, 1.54) is 57.8 Å². The molecule has 0 nitrogen and oxygen atoms in total. The van der Waals surface area contributed by atoms with Gasteiger partial charge in [-0.3, -0.25) is 0 Å². The van der Waals surface area contributed by atoms with E-state index in [0.29, 0.717) is 0 Å². The van der Waals surface area contributed by atoms with Crippen molar-refractivity contribution in [3.8, 4) is 0 Å². The molecule has 0 unspecified atom stereocenters. The van der Waals surface area contributed by atoms with Crippen LogP contribution in [-0.4, -0.2) is 0 Å². The van der Waals surface area contributed by atoms with Gasteiger partial charge in [0.2, 0.25) is 0 Å². The highest BCUT2D eigenvalue weighted by molar-refractivity contribution is 4.96. The fraction of sp³-hybridized carbons (Fsp3) is 0.909. The number of hydrogen-bond donors (Lipinski definition) is 0. The van der Waals surface area contributed by atoms with Crippen LogP contribution >= 0.6 is 0 Å². The van der Waals surface area contributed by atoms with Crippen LogP contribution in [0.1, 0.15) is 57.8 Å². The molecule has 63 valence electrons. The molecule has 0 saturated heterocycles. The first kappa shape index (κ1) is 7.64. The average molecular weight is 151 g/mol. The van der Waals surface area contributed by atoms with E-state index in [2.05, 4.69) is 6.42 Å². The molecular formula is C11H19. The van der Waals surface area contributed by atoms with Crippen LogP contribution in [0, 0.1) is 11.8 Å². The van der Waals surface area contributed by atoms with E-state index in [1.807, 2.05) is 0 Å². The smallest absolute Gasteiger partial charge is 0.0266 e. The van der Waals surface area contributed by atoms with Crippen molar-refractivity contribution in [2.75, 3.05) is 0 Å². The van der Waals surface area contributed by atoms with Crippen molar-refractivity contribution in [2.45, 2.75) is 57.8 Å². The zero-order chi connectivity index (χ0) is 7.57. The van der Waals surface area contributed by atoms with E-state index in [1.54, 1.807) is 0 Å². The Bertz CT molecular complexity index is 94.5. The van der Waals surface area contributed by atoms with E-state index in [-0.39, 0.29) is 0 Å². The zero-order valence-electron chi connectivity index (χ0n) is 7.44. The first-order chi connectivity index (χ1) is 5.41. The molecule has 2 fully saturated rings. The first-order valence-electron chi connectivity index (χ1n) is 5.26. The molecule has 1 radical (unpaired) electrons. The molecule has 1 spiro atoms. The average Bonchev–Trinajstić information content (AvgIpc) is 2.07. The van der Waals surface area contributed by atoms with Gasteiger partial charge in [0, 0.05) is 0 Å². The third kappa shape index (κ3) is 1.60. The molecule has 0 heterocycles. The lowest BCUT2D eigenvalue weighted by Gasteiger charge is -2.40. The van der Waals surface area contributed by atoms with Crippen LogP contribution in [0.15, 0.2) is 0 Å². The Morgan fingerprint density at radius 1 is 0.727 bits per heavy atom. The predicted molar refractivity (Wildman–Crippen MR) is 48.3 cm³/mol. The summed E-state index contributed by atoms with van der Waals surface area (Å²) in [5.74, 6) is 0. The van der Waals surface area contributed by atoms with Gasteiger partial charge in [-0.1, -0.05) is 32.1 Å². The van der Waals surface area contributed by atoms with Gasteiger partial charge in [0.1, 0.15) is 0 Å². The van der Waals surface area contributed by atoms with E-state index in [9.17, 15) is 0 Å². The van der Waals surface area contributed by atoms with Crippen LogP contribution in [0.5, 0.6) is 0 Å². The minimum absolute atomic E-state index is 0.733. The van der Waals surface area contributed by atoms with Gasteiger partial charge < -0.3 is 0 Å². The molecular weight excluding hydrogens is 132 g/mol. The molecule has 0 aromatic heterocycles. The lowest BCUT2D eigenvalue weighted by Crippen LogP contribution is -2.27. The highest BCUT2D eigenvalue weighted by atomic mass is 14.4. The lowest BCUT2D eigenvalue weighted by molar-refractivity contribution is 0.183. The lowest BCUT2D eigenvalue weighted by atomic mass is 9.65. The summed E-state index contributed by atoms with van der Waals surface area (Å²) in [6.45, 7) is 0. The molecule has 2 saturated carbocycles. The van der Waals surface area contributed by atoms with E-state index in [4.69, 9.17) is 0 Å². The quantitative estimate of drug-likeness (QED) is 0.495. The summed E-state index contributed by atoms with van der Waals surface area (Å²) in [6.07, 6.45) is 16.0. The second-order valence-electron chi connectivity index (χ2n) is 4.37. The Morgan fingerprint density at radius 2 is 1.36 bits per heavy atom. The number of rotatable bonds is 0. The molecule has 0 heteroatoms. The summed E-state index contributed by atoms with van der Waals surface area (Å²) in [5, 5.41) is 0. The van der Waals surface area contributed by atoms with Gasteiger partial charge in [-0.15, -0.1) is 0 Å². The third-order valence-corrected chi connectivity index (χ3v) is 3.56. The summed E-state index contributed by atoms with van der Waals surface area (Å²) in [7, 11) is 0. The van der Waals surface area contributed by atoms with Gasteiger partial charge in [0.05, 0.1) is 0 Å². The Hall–Kier alpha value is 0. The molecule has 0 aromatic rings. The molecule has 0 atom stereocenters. The molecule has 2 aliphatic rings. The van der Waals surface area contributed by atoms with Gasteiger partial charge in [-0.25, -0.2) is 0 Å². The van der Waals surface area contributed by atoms with Gasteiger partial charge in [0.25, 0.3) is 0 Å². The molecule has 0 N–H and O–H groups in total. The van der Waals surface area contributed by atoms with E-state index in [0.717, 1.165) is 5.41 Å². The second kappa shape index (κ2) is 3.16. The Labute approximate surface area is 70.4 Å². The predicted octanol–water partition coefficient (Wildman–Crippen LogP) is 3.72. The zero-order valence-corrected chi connectivity index (χ0v) is 7.44. The number of hydrogen-bond acceptors (Lipinski definition) is 0. The second-order valence-corrected chi connectivity index (χ2v) is 4.37. The monoisotopic (exact) mass is 151 g/mol. The molecule has 0 bridgehead atoms. The molecule has 0 aromatic carbocycles. The summed E-state index contributed by atoms with van der Waals surface area (Å²) >= 11 is 0. The van der Waals surface area contributed by atoms with Crippen molar-refractivity contribution < 1.29 is 0 Å². The summed E-state index contributed by atoms with van der Waals surface area (Å²) in [6, 6.07) is 0. The van der Waals surface area contributed by atoms with Crippen LogP contribution in [0.4, 0.5) is 0 Å². The standard InChI is InChI=1S/C11H19/c1-3-7-11(8-4-1)9-5-2-6-10-11/h7H,1-6,8-10H2. The van der Waals surface area contributed by atoms with Crippen molar-refractivity contribution in [2.24, 2.45) is 5.41 Å². The van der Waals surface area contributed by atoms with Crippen molar-refractivity contribution in [1.82, 2.24) is 0 Å². The third-order valence-electron chi connectivity index (χ3n) is 3.56. The topological polar surface area (TPSA) is 0 Å². The van der Waals surface area contributed by atoms with Crippen LogP contribution in [0.2, 0.25) is 0 Å². The minimum atomic E-state index is 0.733. The van der Waals surface area contributed by atoms with E-state index >= 15 is 0 Å². The molecule has 11 heavy (non-hydrogen) atoms. The van der Waals surface area contributed by atoms with Crippen molar-refractivity contribution in [1.29, 1.82) is 0 Å². The highest BCUT2D eigenvalue weighted by Gasteiger charge is 2.32. The molecule has 0 aliphatic heterocycles. The Morgan fingerprint density at radius 3 is 1.91 bits per heavy atom. The maximum Gasteiger partial charge on any atom is -0.0266 e. The van der Waals surface area contributed by atoms with Crippen LogP contribution in [0.25, 0.3) is 0 Å². The fourth-order valence-electron chi connectivity index (χ4n) is 2.84. The van der Waals surface area contributed by atoms with Crippen molar-refractivity contribution >= 4 is 0 Å². The molecule has 0 amide bonds. The first-order valence-corrected chi connectivity index (χ1v) is 5.26. The van der Waals surface area contributed by atoms with Crippen molar-refractivity contribution in [3.05, 3.63) is 6.42 Å². The van der Waals surface area contributed by atoms with Crippen molar-refractivity contribution in [3.63, 3.8) is 0 Å².